The van der Waals surface area contributed by atoms with Gasteiger partial charge in [0.2, 0.25) is 0 Å². The summed E-state index contributed by atoms with van der Waals surface area (Å²) in [6.45, 7) is 5.87. The second-order valence-electron chi connectivity index (χ2n) is 7.53. The van der Waals surface area contributed by atoms with Crippen LogP contribution < -0.4 is 5.32 Å². The van der Waals surface area contributed by atoms with Crippen molar-refractivity contribution in [2.45, 2.75) is 6.42 Å². The van der Waals surface area contributed by atoms with Crippen LogP contribution in [0.3, 0.4) is 0 Å². The smallest absolute Gasteiger partial charge is 0.193 e. The first-order chi connectivity index (χ1) is 14.8. The Morgan fingerprint density at radius 2 is 1.81 bits per heavy atom. The SMILES string of the molecule is CN=C(NCCc1nc2ccccc2[nH]1)N1CCN(C/C=C/c2ccccc2)CC1.I. The number of imidazole rings is 1. The molecule has 1 fully saturated rings. The quantitative estimate of drug-likeness (QED) is 0.291. The Balaban J connectivity index is 0.00000272. The molecule has 31 heavy (non-hydrogen) atoms. The molecule has 0 atom stereocenters. The van der Waals surface area contributed by atoms with Gasteiger partial charge in [-0.1, -0.05) is 54.6 Å². The first kappa shape index (κ1) is 23.3. The van der Waals surface area contributed by atoms with Gasteiger partial charge < -0.3 is 15.2 Å². The molecular formula is C24H31IN6. The summed E-state index contributed by atoms with van der Waals surface area (Å²) < 4.78 is 0. The normalized spacial score (nSPS) is 15.4. The highest BCUT2D eigenvalue weighted by molar-refractivity contribution is 14.0. The summed E-state index contributed by atoms with van der Waals surface area (Å²) in [7, 11) is 1.86. The molecule has 0 bridgehead atoms. The highest BCUT2D eigenvalue weighted by Gasteiger charge is 2.18. The van der Waals surface area contributed by atoms with E-state index in [1.54, 1.807) is 0 Å². The maximum atomic E-state index is 4.65. The Labute approximate surface area is 201 Å². The van der Waals surface area contributed by atoms with Crippen molar-refractivity contribution < 1.29 is 0 Å². The molecule has 0 saturated carbocycles. The van der Waals surface area contributed by atoms with Crippen molar-refractivity contribution >= 4 is 47.0 Å². The second kappa shape index (κ2) is 11.9. The lowest BCUT2D eigenvalue weighted by Gasteiger charge is -2.36. The van der Waals surface area contributed by atoms with Gasteiger partial charge in [0.05, 0.1) is 11.0 Å². The molecule has 0 amide bonds. The Bertz CT molecular complexity index is 956. The molecule has 2 aromatic carbocycles. The molecule has 164 valence electrons. The van der Waals surface area contributed by atoms with E-state index < -0.39 is 0 Å². The summed E-state index contributed by atoms with van der Waals surface area (Å²) in [5, 5.41) is 3.49. The molecule has 1 saturated heterocycles. The van der Waals surface area contributed by atoms with E-state index in [9.17, 15) is 0 Å². The molecule has 0 spiro atoms. The van der Waals surface area contributed by atoms with Gasteiger partial charge >= 0.3 is 0 Å². The fraction of sp³-hybridized carbons (Fsp3) is 0.333. The second-order valence-corrected chi connectivity index (χ2v) is 7.53. The van der Waals surface area contributed by atoms with Gasteiger partial charge in [-0.25, -0.2) is 4.98 Å². The van der Waals surface area contributed by atoms with Gasteiger partial charge in [0.25, 0.3) is 0 Å². The minimum atomic E-state index is 0. The third-order valence-electron chi connectivity index (χ3n) is 5.44. The summed E-state index contributed by atoms with van der Waals surface area (Å²) in [6, 6.07) is 18.6. The number of fused-ring (bicyclic) bond motifs is 1. The third-order valence-corrected chi connectivity index (χ3v) is 5.44. The minimum absolute atomic E-state index is 0. The maximum absolute atomic E-state index is 4.65. The number of guanidine groups is 1. The number of hydrogen-bond donors (Lipinski definition) is 2. The zero-order valence-electron chi connectivity index (χ0n) is 18.0. The predicted octanol–water partition coefficient (Wildman–Crippen LogP) is 3.63. The Kier molecular flexibility index (Phi) is 8.90. The van der Waals surface area contributed by atoms with Crippen molar-refractivity contribution in [3.63, 3.8) is 0 Å². The van der Waals surface area contributed by atoms with Crippen LogP contribution in [0.4, 0.5) is 0 Å². The largest absolute Gasteiger partial charge is 0.356 e. The van der Waals surface area contributed by atoms with Gasteiger partial charge in [-0.15, -0.1) is 24.0 Å². The summed E-state index contributed by atoms with van der Waals surface area (Å²) >= 11 is 0. The average Bonchev–Trinajstić information content (AvgIpc) is 3.21. The van der Waals surface area contributed by atoms with Crippen molar-refractivity contribution in [2.75, 3.05) is 46.3 Å². The van der Waals surface area contributed by atoms with Crippen molar-refractivity contribution in [1.82, 2.24) is 25.1 Å². The molecule has 1 aliphatic heterocycles. The van der Waals surface area contributed by atoms with E-state index in [2.05, 4.69) is 72.6 Å². The Morgan fingerprint density at radius 1 is 1.06 bits per heavy atom. The predicted molar refractivity (Wildman–Crippen MR) is 140 cm³/mol. The van der Waals surface area contributed by atoms with Gasteiger partial charge in [-0.05, 0) is 17.7 Å². The lowest BCUT2D eigenvalue weighted by atomic mass is 10.2. The zero-order valence-corrected chi connectivity index (χ0v) is 20.3. The number of benzene rings is 2. The fourth-order valence-corrected chi connectivity index (χ4v) is 3.79. The van der Waals surface area contributed by atoms with Crippen LogP contribution in [0.1, 0.15) is 11.4 Å². The van der Waals surface area contributed by atoms with E-state index in [-0.39, 0.29) is 24.0 Å². The molecule has 1 aliphatic rings. The molecule has 3 aromatic rings. The van der Waals surface area contributed by atoms with Crippen LogP contribution in [0.5, 0.6) is 0 Å². The van der Waals surface area contributed by atoms with E-state index >= 15 is 0 Å². The van der Waals surface area contributed by atoms with Gasteiger partial charge in [0.15, 0.2) is 5.96 Å². The first-order valence-corrected chi connectivity index (χ1v) is 10.6. The van der Waals surface area contributed by atoms with Gasteiger partial charge in [0.1, 0.15) is 5.82 Å². The lowest BCUT2D eigenvalue weighted by Crippen LogP contribution is -2.52. The van der Waals surface area contributed by atoms with Gasteiger partial charge in [-0.3, -0.25) is 9.89 Å². The molecule has 2 heterocycles. The number of hydrogen-bond acceptors (Lipinski definition) is 3. The summed E-state index contributed by atoms with van der Waals surface area (Å²) in [5.41, 5.74) is 3.37. The standard InChI is InChI=1S/C24H30N6.HI/c1-25-24(26-14-13-23-27-21-11-5-6-12-22(21)28-23)30-18-16-29(17-19-30)15-7-10-20-8-3-2-4-9-20;/h2-12H,13-19H2,1H3,(H,25,26)(H,27,28);1H/b10-7+;. The van der Waals surface area contributed by atoms with E-state index in [0.717, 1.165) is 68.5 Å². The maximum Gasteiger partial charge on any atom is 0.193 e. The van der Waals surface area contributed by atoms with E-state index in [1.165, 1.54) is 5.56 Å². The molecule has 4 rings (SSSR count). The number of nitrogens with zero attached hydrogens (tertiary/aromatic N) is 4. The number of halogens is 1. The molecular weight excluding hydrogens is 499 g/mol. The number of aromatic amines is 1. The first-order valence-electron chi connectivity index (χ1n) is 10.6. The number of nitrogens with one attached hydrogen (secondary N) is 2. The van der Waals surface area contributed by atoms with E-state index in [1.807, 2.05) is 31.3 Å². The molecule has 0 aliphatic carbocycles. The molecule has 0 radical (unpaired) electrons. The number of rotatable bonds is 6. The van der Waals surface area contributed by atoms with E-state index in [0.29, 0.717) is 0 Å². The van der Waals surface area contributed by atoms with Crippen molar-refractivity contribution in [1.29, 1.82) is 0 Å². The van der Waals surface area contributed by atoms with Crippen molar-refractivity contribution in [2.24, 2.45) is 4.99 Å². The number of aromatic nitrogens is 2. The minimum Gasteiger partial charge on any atom is -0.356 e. The van der Waals surface area contributed by atoms with Gasteiger partial charge in [-0.2, -0.15) is 0 Å². The van der Waals surface area contributed by atoms with Crippen molar-refractivity contribution in [3.05, 3.63) is 72.1 Å². The number of para-hydroxylation sites is 2. The van der Waals surface area contributed by atoms with Gasteiger partial charge in [0, 0.05) is 52.7 Å². The molecule has 1 aromatic heterocycles. The lowest BCUT2D eigenvalue weighted by molar-refractivity contribution is 0.194. The summed E-state index contributed by atoms with van der Waals surface area (Å²) in [6.07, 6.45) is 5.30. The average molecular weight is 530 g/mol. The monoisotopic (exact) mass is 530 g/mol. The molecule has 0 unspecified atom stereocenters. The Hall–Kier alpha value is -2.39. The topological polar surface area (TPSA) is 59.6 Å². The van der Waals surface area contributed by atoms with Crippen LogP contribution in [-0.4, -0.2) is 72.0 Å². The third kappa shape index (κ3) is 6.54. The summed E-state index contributed by atoms with van der Waals surface area (Å²) in [4.78, 5) is 17.3. The molecule has 7 heteroatoms. The van der Waals surface area contributed by atoms with Crippen LogP contribution in [0.2, 0.25) is 0 Å². The molecule has 6 nitrogen and oxygen atoms in total. The summed E-state index contributed by atoms with van der Waals surface area (Å²) in [5.74, 6) is 1.99. The Morgan fingerprint density at radius 3 is 2.55 bits per heavy atom. The fourth-order valence-electron chi connectivity index (χ4n) is 3.79. The highest BCUT2D eigenvalue weighted by Crippen LogP contribution is 2.10. The molecule has 2 N–H and O–H groups in total. The highest BCUT2D eigenvalue weighted by atomic mass is 127. The van der Waals surface area contributed by atoms with Crippen molar-refractivity contribution in [3.8, 4) is 0 Å². The van der Waals surface area contributed by atoms with Crippen LogP contribution in [0.15, 0.2) is 65.7 Å². The van der Waals surface area contributed by atoms with E-state index in [4.69, 9.17) is 0 Å². The van der Waals surface area contributed by atoms with Crippen LogP contribution in [0, 0.1) is 0 Å². The van der Waals surface area contributed by atoms with Crippen LogP contribution in [-0.2, 0) is 6.42 Å². The van der Waals surface area contributed by atoms with Crippen LogP contribution in [0.25, 0.3) is 17.1 Å². The zero-order chi connectivity index (χ0) is 20.6. The number of piperazine rings is 1. The van der Waals surface area contributed by atoms with Crippen LogP contribution >= 0.6 is 24.0 Å². The number of aliphatic imine (C=N–C) groups is 1. The number of H-pyrrole nitrogens is 1.